The van der Waals surface area contributed by atoms with Crippen molar-refractivity contribution in [2.45, 2.75) is 33.0 Å². The number of alkyl halides is 1. The SMILES string of the molecule is CCOC(=O)c1cc(-c2oc(C)c(C(=O)OCC)c2C)cc(CBr)n1. The molecule has 0 radical (unpaired) electrons. The van der Waals surface area contributed by atoms with E-state index in [2.05, 4.69) is 20.9 Å². The predicted molar refractivity (Wildman–Crippen MR) is 96.0 cm³/mol. The summed E-state index contributed by atoms with van der Waals surface area (Å²) in [6, 6.07) is 3.40. The summed E-state index contributed by atoms with van der Waals surface area (Å²) in [7, 11) is 0. The Morgan fingerprint density at radius 2 is 1.76 bits per heavy atom. The monoisotopic (exact) mass is 409 g/mol. The minimum Gasteiger partial charge on any atom is -0.462 e. The molecule has 7 heteroatoms. The summed E-state index contributed by atoms with van der Waals surface area (Å²) >= 11 is 3.35. The highest BCUT2D eigenvalue weighted by molar-refractivity contribution is 9.08. The maximum Gasteiger partial charge on any atom is 0.356 e. The Bertz CT molecular complexity index is 797. The van der Waals surface area contributed by atoms with E-state index in [-0.39, 0.29) is 18.9 Å². The lowest BCUT2D eigenvalue weighted by Crippen LogP contribution is -2.09. The van der Waals surface area contributed by atoms with Crippen molar-refractivity contribution in [1.82, 2.24) is 4.98 Å². The van der Waals surface area contributed by atoms with Crippen LogP contribution in [0, 0.1) is 13.8 Å². The molecule has 134 valence electrons. The van der Waals surface area contributed by atoms with Crippen LogP contribution in [0.1, 0.15) is 51.7 Å². The average molecular weight is 410 g/mol. The van der Waals surface area contributed by atoms with Crippen LogP contribution in [-0.2, 0) is 14.8 Å². The molecule has 0 saturated carbocycles. The molecule has 0 amide bonds. The van der Waals surface area contributed by atoms with Crippen molar-refractivity contribution in [1.29, 1.82) is 0 Å². The summed E-state index contributed by atoms with van der Waals surface area (Å²) in [4.78, 5) is 28.4. The van der Waals surface area contributed by atoms with Crippen molar-refractivity contribution >= 4 is 27.9 Å². The topological polar surface area (TPSA) is 78.6 Å². The lowest BCUT2D eigenvalue weighted by Gasteiger charge is -2.07. The smallest absolute Gasteiger partial charge is 0.356 e. The van der Waals surface area contributed by atoms with Gasteiger partial charge in [0.25, 0.3) is 0 Å². The van der Waals surface area contributed by atoms with Gasteiger partial charge in [-0.1, -0.05) is 15.9 Å². The number of hydrogen-bond acceptors (Lipinski definition) is 6. The molecule has 0 aliphatic carbocycles. The minimum atomic E-state index is -0.502. The van der Waals surface area contributed by atoms with E-state index in [0.717, 1.165) is 0 Å². The van der Waals surface area contributed by atoms with Crippen LogP contribution in [0.25, 0.3) is 11.3 Å². The second kappa shape index (κ2) is 8.29. The standard InChI is InChI=1S/C18H20BrNO5/c1-5-23-17(21)14-8-12(7-13(9-19)20-14)16-10(3)15(11(4)25-16)18(22)24-6-2/h7-8H,5-6,9H2,1-4H3. The van der Waals surface area contributed by atoms with Gasteiger partial charge in [-0.15, -0.1) is 0 Å². The van der Waals surface area contributed by atoms with Gasteiger partial charge in [-0.3, -0.25) is 0 Å². The first kappa shape index (κ1) is 19.2. The van der Waals surface area contributed by atoms with Gasteiger partial charge in [0.2, 0.25) is 0 Å². The Labute approximate surface area is 154 Å². The van der Waals surface area contributed by atoms with Crippen LogP contribution in [0.4, 0.5) is 0 Å². The first-order valence-electron chi connectivity index (χ1n) is 7.94. The van der Waals surface area contributed by atoms with Crippen molar-refractivity contribution in [2.24, 2.45) is 0 Å². The molecule has 2 aromatic heterocycles. The number of halogens is 1. The van der Waals surface area contributed by atoms with E-state index in [4.69, 9.17) is 13.9 Å². The molecule has 0 unspecified atom stereocenters. The Morgan fingerprint density at radius 3 is 2.36 bits per heavy atom. The van der Waals surface area contributed by atoms with Crippen LogP contribution < -0.4 is 0 Å². The Hall–Kier alpha value is -2.15. The van der Waals surface area contributed by atoms with Crippen molar-refractivity contribution in [2.75, 3.05) is 13.2 Å². The van der Waals surface area contributed by atoms with E-state index in [1.165, 1.54) is 0 Å². The highest BCUT2D eigenvalue weighted by Gasteiger charge is 2.23. The molecule has 0 fully saturated rings. The maximum absolute atomic E-state index is 12.1. The third-order valence-corrected chi connectivity index (χ3v) is 4.14. The van der Waals surface area contributed by atoms with Gasteiger partial charge in [0.1, 0.15) is 22.8 Å². The third kappa shape index (κ3) is 4.10. The molecule has 2 rings (SSSR count). The highest BCUT2D eigenvalue weighted by atomic mass is 79.9. The maximum atomic E-state index is 12.1. The molecule has 2 heterocycles. The third-order valence-electron chi connectivity index (χ3n) is 3.56. The molecule has 0 aliphatic rings. The number of furan rings is 1. The number of rotatable bonds is 6. The zero-order valence-electron chi connectivity index (χ0n) is 14.6. The number of ether oxygens (including phenoxy) is 2. The molecule has 6 nitrogen and oxygen atoms in total. The summed E-state index contributed by atoms with van der Waals surface area (Å²) in [6.07, 6.45) is 0. The van der Waals surface area contributed by atoms with Crippen molar-refractivity contribution < 1.29 is 23.5 Å². The van der Waals surface area contributed by atoms with Gasteiger partial charge < -0.3 is 13.9 Å². The molecular weight excluding hydrogens is 390 g/mol. The largest absolute Gasteiger partial charge is 0.462 e. The molecule has 0 aliphatic heterocycles. The van der Waals surface area contributed by atoms with Gasteiger partial charge in [-0.25, -0.2) is 14.6 Å². The molecule has 0 N–H and O–H groups in total. The first-order chi connectivity index (χ1) is 11.9. The zero-order valence-corrected chi connectivity index (χ0v) is 16.2. The molecule has 25 heavy (non-hydrogen) atoms. The normalized spacial score (nSPS) is 10.6. The number of carbonyl (C=O) groups is 2. The molecular formula is C18H20BrNO5. The van der Waals surface area contributed by atoms with E-state index in [0.29, 0.717) is 39.2 Å². The number of carbonyl (C=O) groups excluding carboxylic acids is 2. The first-order valence-corrected chi connectivity index (χ1v) is 9.06. The summed E-state index contributed by atoms with van der Waals surface area (Å²) < 4.78 is 15.9. The lowest BCUT2D eigenvalue weighted by molar-refractivity contribution is 0.0511. The lowest BCUT2D eigenvalue weighted by atomic mass is 10.0. The van der Waals surface area contributed by atoms with Gasteiger partial charge in [-0.2, -0.15) is 0 Å². The van der Waals surface area contributed by atoms with Gasteiger partial charge in [0.15, 0.2) is 0 Å². The number of pyridine rings is 1. The van der Waals surface area contributed by atoms with E-state index in [9.17, 15) is 9.59 Å². The van der Waals surface area contributed by atoms with Crippen molar-refractivity contribution in [3.05, 3.63) is 40.4 Å². The Kier molecular flexibility index (Phi) is 6.36. The predicted octanol–water partition coefficient (Wildman–Crippen LogP) is 4.21. The fourth-order valence-corrected chi connectivity index (χ4v) is 2.82. The number of aromatic nitrogens is 1. The minimum absolute atomic E-state index is 0.194. The highest BCUT2D eigenvalue weighted by Crippen LogP contribution is 2.32. The number of hydrogen-bond donors (Lipinski definition) is 0. The quantitative estimate of drug-likeness (QED) is 0.525. The van der Waals surface area contributed by atoms with Gasteiger partial charge >= 0.3 is 11.9 Å². The van der Waals surface area contributed by atoms with E-state index >= 15 is 0 Å². The second-order valence-corrected chi connectivity index (χ2v) is 5.86. The summed E-state index contributed by atoms with van der Waals surface area (Å²) in [5, 5.41) is 0.469. The summed E-state index contributed by atoms with van der Waals surface area (Å²) in [5.41, 5.74) is 2.58. The van der Waals surface area contributed by atoms with E-state index in [1.54, 1.807) is 39.8 Å². The van der Waals surface area contributed by atoms with Crippen LogP contribution >= 0.6 is 15.9 Å². The number of esters is 2. The van der Waals surface area contributed by atoms with E-state index < -0.39 is 11.9 Å². The van der Waals surface area contributed by atoms with Crippen LogP contribution in [0.15, 0.2) is 16.5 Å². The van der Waals surface area contributed by atoms with Gasteiger partial charge in [0, 0.05) is 16.5 Å². The van der Waals surface area contributed by atoms with Crippen LogP contribution in [0.2, 0.25) is 0 Å². The molecule has 0 saturated heterocycles. The molecule has 0 bridgehead atoms. The molecule has 0 spiro atoms. The Balaban J connectivity index is 2.55. The average Bonchev–Trinajstić information content (AvgIpc) is 2.89. The second-order valence-electron chi connectivity index (χ2n) is 5.29. The Morgan fingerprint density at radius 1 is 1.12 bits per heavy atom. The van der Waals surface area contributed by atoms with Crippen LogP contribution in [-0.4, -0.2) is 30.1 Å². The van der Waals surface area contributed by atoms with Crippen molar-refractivity contribution in [3.63, 3.8) is 0 Å². The van der Waals surface area contributed by atoms with E-state index in [1.807, 2.05) is 0 Å². The van der Waals surface area contributed by atoms with Crippen LogP contribution in [0.5, 0.6) is 0 Å². The molecule has 0 aromatic carbocycles. The van der Waals surface area contributed by atoms with Crippen LogP contribution in [0.3, 0.4) is 0 Å². The number of nitrogens with zero attached hydrogens (tertiary/aromatic N) is 1. The van der Waals surface area contributed by atoms with Gasteiger partial charge in [0.05, 0.1) is 18.9 Å². The fraction of sp³-hybridized carbons (Fsp3) is 0.389. The number of aryl methyl sites for hydroxylation is 1. The molecule has 2 aromatic rings. The summed E-state index contributed by atoms with van der Waals surface area (Å²) in [5.74, 6) is 0.0579. The fourth-order valence-electron chi connectivity index (χ4n) is 2.53. The van der Waals surface area contributed by atoms with Gasteiger partial charge in [-0.05, 0) is 39.8 Å². The summed E-state index contributed by atoms with van der Waals surface area (Å²) in [6.45, 7) is 7.53. The van der Waals surface area contributed by atoms with Crippen molar-refractivity contribution in [3.8, 4) is 11.3 Å². The molecule has 0 atom stereocenters. The zero-order chi connectivity index (χ0) is 18.6.